The van der Waals surface area contributed by atoms with E-state index in [2.05, 4.69) is 26.2 Å². The van der Waals surface area contributed by atoms with Gasteiger partial charge >= 0.3 is 0 Å². The Balaban J connectivity index is 1.59. The standard InChI is InChI=1S/C19H17ClN6O2/c1-13(27)22-17-4-2-3-15(9-17)18-11-26(25-23-18)12-19(28)24-21-10-14-5-7-16(20)8-6-14/h2-11H,12H2,1H3,(H,22,27)(H,24,28)/b21-10+. The molecule has 1 aromatic heterocycles. The summed E-state index contributed by atoms with van der Waals surface area (Å²) in [5.41, 5.74) is 5.27. The Morgan fingerprint density at radius 1 is 1.21 bits per heavy atom. The zero-order valence-electron chi connectivity index (χ0n) is 15.0. The first-order valence-corrected chi connectivity index (χ1v) is 8.73. The predicted molar refractivity (Wildman–Crippen MR) is 107 cm³/mol. The van der Waals surface area contributed by atoms with Crippen molar-refractivity contribution in [2.24, 2.45) is 5.10 Å². The molecule has 0 saturated carbocycles. The van der Waals surface area contributed by atoms with Gasteiger partial charge in [0.05, 0.1) is 12.4 Å². The average molecular weight is 397 g/mol. The predicted octanol–water partition coefficient (Wildman–Crippen LogP) is 2.71. The summed E-state index contributed by atoms with van der Waals surface area (Å²) in [7, 11) is 0. The molecule has 0 aliphatic carbocycles. The number of carbonyl (C=O) groups excluding carboxylic acids is 2. The second-order valence-electron chi connectivity index (χ2n) is 5.91. The van der Waals surface area contributed by atoms with Gasteiger partial charge in [0.2, 0.25) is 5.91 Å². The largest absolute Gasteiger partial charge is 0.326 e. The second kappa shape index (κ2) is 8.92. The van der Waals surface area contributed by atoms with Gasteiger partial charge in [0, 0.05) is 23.2 Å². The van der Waals surface area contributed by atoms with E-state index < -0.39 is 0 Å². The minimum atomic E-state index is -0.339. The van der Waals surface area contributed by atoms with Crippen LogP contribution >= 0.6 is 11.6 Å². The summed E-state index contributed by atoms with van der Waals surface area (Å²) < 4.78 is 1.41. The van der Waals surface area contributed by atoms with Crippen molar-refractivity contribution >= 4 is 35.3 Å². The van der Waals surface area contributed by atoms with Crippen LogP contribution in [0.2, 0.25) is 5.02 Å². The van der Waals surface area contributed by atoms with Crippen molar-refractivity contribution in [3.05, 3.63) is 65.3 Å². The van der Waals surface area contributed by atoms with Gasteiger partial charge < -0.3 is 5.32 Å². The normalized spacial score (nSPS) is 10.8. The highest BCUT2D eigenvalue weighted by atomic mass is 35.5. The van der Waals surface area contributed by atoms with Crippen LogP contribution in [0.5, 0.6) is 0 Å². The highest BCUT2D eigenvalue weighted by molar-refractivity contribution is 6.30. The molecule has 28 heavy (non-hydrogen) atoms. The molecule has 0 spiro atoms. The zero-order valence-corrected chi connectivity index (χ0v) is 15.7. The monoisotopic (exact) mass is 396 g/mol. The van der Waals surface area contributed by atoms with Crippen molar-refractivity contribution < 1.29 is 9.59 Å². The fraction of sp³-hybridized carbons (Fsp3) is 0.105. The first-order valence-electron chi connectivity index (χ1n) is 8.35. The number of aromatic nitrogens is 3. The molecule has 0 atom stereocenters. The molecule has 2 N–H and O–H groups in total. The van der Waals surface area contributed by atoms with Crippen molar-refractivity contribution in [1.82, 2.24) is 20.4 Å². The number of hydrogen-bond donors (Lipinski definition) is 2. The van der Waals surface area contributed by atoms with Gasteiger partial charge in [-0.2, -0.15) is 5.10 Å². The molecule has 0 radical (unpaired) electrons. The van der Waals surface area contributed by atoms with Gasteiger partial charge in [0.1, 0.15) is 12.2 Å². The third-order valence-electron chi connectivity index (χ3n) is 3.60. The first-order chi connectivity index (χ1) is 13.5. The first kappa shape index (κ1) is 19.2. The van der Waals surface area contributed by atoms with E-state index in [0.717, 1.165) is 11.1 Å². The SMILES string of the molecule is CC(=O)Nc1cccc(-c2cn(CC(=O)N/N=C/c3ccc(Cl)cc3)nn2)c1. The Kier molecular flexibility index (Phi) is 6.13. The molecular weight excluding hydrogens is 380 g/mol. The maximum Gasteiger partial charge on any atom is 0.261 e. The number of carbonyl (C=O) groups is 2. The Bertz CT molecular complexity index is 1010. The van der Waals surface area contributed by atoms with E-state index in [1.54, 1.807) is 48.7 Å². The minimum Gasteiger partial charge on any atom is -0.326 e. The third-order valence-corrected chi connectivity index (χ3v) is 3.85. The molecule has 3 aromatic rings. The van der Waals surface area contributed by atoms with Gasteiger partial charge in [-0.25, -0.2) is 10.1 Å². The lowest BCUT2D eigenvalue weighted by atomic mass is 10.1. The van der Waals surface area contributed by atoms with E-state index in [9.17, 15) is 9.59 Å². The third kappa shape index (κ3) is 5.49. The number of nitrogens with one attached hydrogen (secondary N) is 2. The summed E-state index contributed by atoms with van der Waals surface area (Å²) >= 11 is 5.82. The van der Waals surface area contributed by atoms with Gasteiger partial charge in [-0.3, -0.25) is 9.59 Å². The fourth-order valence-electron chi connectivity index (χ4n) is 2.38. The highest BCUT2D eigenvalue weighted by Crippen LogP contribution is 2.20. The van der Waals surface area contributed by atoms with Crippen LogP contribution < -0.4 is 10.7 Å². The van der Waals surface area contributed by atoms with Crippen LogP contribution in [0.4, 0.5) is 5.69 Å². The van der Waals surface area contributed by atoms with Gasteiger partial charge in [0.25, 0.3) is 5.91 Å². The number of hydrazone groups is 1. The van der Waals surface area contributed by atoms with E-state index in [1.807, 2.05) is 6.07 Å². The number of halogens is 1. The van der Waals surface area contributed by atoms with Gasteiger partial charge in [0.15, 0.2) is 0 Å². The number of amides is 2. The molecule has 3 rings (SSSR count). The van der Waals surface area contributed by atoms with E-state index in [0.29, 0.717) is 16.4 Å². The van der Waals surface area contributed by atoms with Crippen LogP contribution in [0.1, 0.15) is 12.5 Å². The van der Waals surface area contributed by atoms with E-state index >= 15 is 0 Å². The maximum atomic E-state index is 12.0. The summed E-state index contributed by atoms with van der Waals surface area (Å²) in [6.45, 7) is 1.41. The lowest BCUT2D eigenvalue weighted by Gasteiger charge is -2.03. The molecule has 0 fully saturated rings. The molecule has 8 nitrogen and oxygen atoms in total. The van der Waals surface area contributed by atoms with Crippen molar-refractivity contribution in [2.75, 3.05) is 5.32 Å². The summed E-state index contributed by atoms with van der Waals surface area (Å²) in [5, 5.41) is 15.3. The number of rotatable bonds is 6. The number of hydrogen-bond acceptors (Lipinski definition) is 5. The zero-order chi connectivity index (χ0) is 19.9. The highest BCUT2D eigenvalue weighted by Gasteiger charge is 2.08. The van der Waals surface area contributed by atoms with Crippen LogP contribution in [-0.4, -0.2) is 33.0 Å². The average Bonchev–Trinajstić information content (AvgIpc) is 3.11. The van der Waals surface area contributed by atoms with E-state index in [-0.39, 0.29) is 18.4 Å². The van der Waals surface area contributed by atoms with E-state index in [1.165, 1.54) is 17.8 Å². The summed E-state index contributed by atoms with van der Waals surface area (Å²) in [6.07, 6.45) is 3.17. The summed E-state index contributed by atoms with van der Waals surface area (Å²) in [6, 6.07) is 14.3. The number of anilines is 1. The van der Waals surface area contributed by atoms with Crippen molar-refractivity contribution in [2.45, 2.75) is 13.5 Å². The smallest absolute Gasteiger partial charge is 0.261 e. The molecule has 0 aliphatic heterocycles. The van der Waals surface area contributed by atoms with Crippen LogP contribution in [0, 0.1) is 0 Å². The van der Waals surface area contributed by atoms with Crippen LogP contribution in [0.25, 0.3) is 11.3 Å². The van der Waals surface area contributed by atoms with Crippen molar-refractivity contribution in [1.29, 1.82) is 0 Å². The molecular formula is C19H17ClN6O2. The van der Waals surface area contributed by atoms with Gasteiger partial charge in [-0.05, 0) is 29.8 Å². The molecule has 0 saturated heterocycles. The van der Waals surface area contributed by atoms with Crippen molar-refractivity contribution in [3.63, 3.8) is 0 Å². The molecule has 1 heterocycles. The van der Waals surface area contributed by atoms with Crippen molar-refractivity contribution in [3.8, 4) is 11.3 Å². The molecule has 2 aromatic carbocycles. The quantitative estimate of drug-likeness (QED) is 0.494. The van der Waals surface area contributed by atoms with Crippen LogP contribution in [-0.2, 0) is 16.1 Å². The molecule has 9 heteroatoms. The molecule has 0 unspecified atom stereocenters. The Morgan fingerprint density at radius 3 is 2.75 bits per heavy atom. The Morgan fingerprint density at radius 2 is 2.00 bits per heavy atom. The topological polar surface area (TPSA) is 101 Å². The van der Waals surface area contributed by atoms with Gasteiger partial charge in [-0.15, -0.1) is 5.10 Å². The second-order valence-corrected chi connectivity index (χ2v) is 6.34. The number of benzene rings is 2. The van der Waals surface area contributed by atoms with Crippen LogP contribution in [0.3, 0.4) is 0 Å². The fourth-order valence-corrected chi connectivity index (χ4v) is 2.50. The Labute approximate surface area is 166 Å². The molecule has 142 valence electrons. The maximum absolute atomic E-state index is 12.0. The molecule has 0 bridgehead atoms. The lowest BCUT2D eigenvalue weighted by molar-refractivity contribution is -0.121. The Hall–Kier alpha value is -3.52. The lowest BCUT2D eigenvalue weighted by Crippen LogP contribution is -2.23. The van der Waals surface area contributed by atoms with Crippen LogP contribution in [0.15, 0.2) is 59.8 Å². The summed E-state index contributed by atoms with van der Waals surface area (Å²) in [4.78, 5) is 23.2. The van der Waals surface area contributed by atoms with Gasteiger partial charge in [-0.1, -0.05) is 41.1 Å². The molecule has 2 amide bonds. The number of nitrogens with zero attached hydrogens (tertiary/aromatic N) is 4. The molecule has 0 aliphatic rings. The summed E-state index contributed by atoms with van der Waals surface area (Å²) in [5.74, 6) is -0.495. The minimum absolute atomic E-state index is 0.0314. The van der Waals surface area contributed by atoms with E-state index in [4.69, 9.17) is 11.6 Å².